The zero-order valence-corrected chi connectivity index (χ0v) is 14.1. The molecule has 0 bridgehead atoms. The van der Waals surface area contributed by atoms with Gasteiger partial charge >= 0.3 is 0 Å². The van der Waals surface area contributed by atoms with Crippen molar-refractivity contribution in [3.05, 3.63) is 53.1 Å². The smallest absolute Gasteiger partial charge is 0.258 e. The molecule has 7 nitrogen and oxygen atoms in total. The molecule has 130 valence electrons. The zero-order chi connectivity index (χ0) is 17.1. The molecule has 25 heavy (non-hydrogen) atoms. The predicted octanol–water partition coefficient (Wildman–Crippen LogP) is 1.47. The molecule has 0 aliphatic carbocycles. The maximum absolute atomic E-state index is 12.2. The minimum absolute atomic E-state index is 0.0525. The van der Waals surface area contributed by atoms with E-state index < -0.39 is 0 Å². The molecule has 0 saturated carbocycles. The first-order valence-electron chi connectivity index (χ1n) is 8.80. The van der Waals surface area contributed by atoms with E-state index >= 15 is 0 Å². The number of rotatable bonds is 5. The molecule has 0 spiro atoms. The number of H-pyrrole nitrogens is 1. The van der Waals surface area contributed by atoms with Crippen LogP contribution in [-0.2, 0) is 13.0 Å². The van der Waals surface area contributed by atoms with Crippen molar-refractivity contribution in [3.8, 4) is 0 Å². The van der Waals surface area contributed by atoms with Crippen LogP contribution in [0, 0.1) is 5.92 Å². The Hall–Kier alpha value is -2.54. The lowest BCUT2D eigenvalue weighted by molar-refractivity contribution is 0.160. The van der Waals surface area contributed by atoms with Crippen LogP contribution < -0.4 is 5.56 Å². The molecular weight excluding hydrogens is 316 g/mol. The van der Waals surface area contributed by atoms with Gasteiger partial charge in [0, 0.05) is 26.1 Å². The minimum Gasteiger partial charge on any atom is -0.310 e. The monoisotopic (exact) mass is 338 g/mol. The fourth-order valence-corrected chi connectivity index (χ4v) is 3.61. The molecule has 1 atom stereocenters. The van der Waals surface area contributed by atoms with E-state index in [9.17, 15) is 4.79 Å². The van der Waals surface area contributed by atoms with E-state index in [-0.39, 0.29) is 5.56 Å². The van der Waals surface area contributed by atoms with Crippen LogP contribution in [0.5, 0.6) is 0 Å². The first-order chi connectivity index (χ1) is 12.3. The zero-order valence-electron chi connectivity index (χ0n) is 14.1. The lowest BCUT2D eigenvalue weighted by Gasteiger charge is -2.32. The second-order valence-corrected chi connectivity index (χ2v) is 6.71. The Morgan fingerprint density at radius 1 is 1.28 bits per heavy atom. The molecule has 0 amide bonds. The number of para-hydroxylation sites is 1. The number of hydrogen-bond donors (Lipinski definition) is 1. The number of aromatic nitrogens is 5. The number of nitrogens with zero attached hydrogens (tertiary/aromatic N) is 5. The van der Waals surface area contributed by atoms with Crippen LogP contribution in [0.1, 0.15) is 18.7 Å². The van der Waals surface area contributed by atoms with Gasteiger partial charge in [-0.1, -0.05) is 12.1 Å². The molecule has 1 aliphatic heterocycles. The van der Waals surface area contributed by atoms with E-state index in [2.05, 4.69) is 25.0 Å². The number of likely N-dealkylation sites (tertiary alicyclic amines) is 1. The number of aromatic amines is 1. The Morgan fingerprint density at radius 2 is 2.20 bits per heavy atom. The van der Waals surface area contributed by atoms with Crippen molar-refractivity contribution >= 4 is 10.9 Å². The first kappa shape index (κ1) is 16.0. The van der Waals surface area contributed by atoms with Crippen LogP contribution in [0.4, 0.5) is 0 Å². The Labute approximate surface area is 145 Å². The third-order valence-electron chi connectivity index (χ3n) is 4.84. The third kappa shape index (κ3) is 3.76. The minimum atomic E-state index is -0.0525. The van der Waals surface area contributed by atoms with E-state index in [0.29, 0.717) is 11.3 Å². The van der Waals surface area contributed by atoms with E-state index in [1.54, 1.807) is 12.7 Å². The SMILES string of the molecule is O=c1[nH]c(CCN2CCC[C@H](Cn3cncn3)C2)nc2ccccc12. The van der Waals surface area contributed by atoms with Gasteiger partial charge in [-0.15, -0.1) is 0 Å². The maximum atomic E-state index is 12.2. The van der Waals surface area contributed by atoms with Crippen LogP contribution in [0.2, 0.25) is 0 Å². The molecule has 0 radical (unpaired) electrons. The number of nitrogens with one attached hydrogen (secondary N) is 1. The van der Waals surface area contributed by atoms with Gasteiger partial charge in [-0.25, -0.2) is 9.97 Å². The van der Waals surface area contributed by atoms with Crippen molar-refractivity contribution in [3.63, 3.8) is 0 Å². The van der Waals surface area contributed by atoms with E-state index in [1.165, 1.54) is 12.8 Å². The van der Waals surface area contributed by atoms with Gasteiger partial charge in [0.2, 0.25) is 0 Å². The summed E-state index contributed by atoms with van der Waals surface area (Å²) >= 11 is 0. The fraction of sp³-hybridized carbons (Fsp3) is 0.444. The van der Waals surface area contributed by atoms with Crippen LogP contribution in [0.15, 0.2) is 41.7 Å². The average molecular weight is 338 g/mol. The standard InChI is InChI=1S/C18H22N6O/c25-18-15-5-1-2-6-16(15)21-17(22-18)7-9-23-8-3-4-14(10-23)11-24-13-19-12-20-24/h1-2,5-6,12-14H,3-4,7-11H2,(H,21,22,25)/t14-/m0/s1. The Bertz CT molecular complexity index is 888. The van der Waals surface area contributed by atoms with Gasteiger partial charge in [0.1, 0.15) is 18.5 Å². The highest BCUT2D eigenvalue weighted by Gasteiger charge is 2.20. The lowest BCUT2D eigenvalue weighted by Crippen LogP contribution is -2.38. The van der Waals surface area contributed by atoms with Gasteiger partial charge in [0.05, 0.1) is 10.9 Å². The lowest BCUT2D eigenvalue weighted by atomic mass is 9.98. The summed E-state index contributed by atoms with van der Waals surface area (Å²) in [6, 6.07) is 7.48. The summed E-state index contributed by atoms with van der Waals surface area (Å²) in [5.41, 5.74) is 0.715. The van der Waals surface area contributed by atoms with Gasteiger partial charge in [0.15, 0.2) is 0 Å². The molecule has 1 fully saturated rings. The van der Waals surface area contributed by atoms with Crippen molar-refractivity contribution in [2.45, 2.75) is 25.8 Å². The van der Waals surface area contributed by atoms with Crippen LogP contribution in [0.25, 0.3) is 10.9 Å². The van der Waals surface area contributed by atoms with E-state index in [1.807, 2.05) is 28.9 Å². The summed E-state index contributed by atoms with van der Waals surface area (Å²) in [5, 5.41) is 4.86. The van der Waals surface area contributed by atoms with Crippen molar-refractivity contribution in [1.29, 1.82) is 0 Å². The molecule has 1 aliphatic rings. The van der Waals surface area contributed by atoms with Crippen molar-refractivity contribution < 1.29 is 0 Å². The summed E-state index contributed by atoms with van der Waals surface area (Å²) in [6.07, 6.45) is 6.55. The summed E-state index contributed by atoms with van der Waals surface area (Å²) in [6.45, 7) is 3.99. The van der Waals surface area contributed by atoms with Crippen LogP contribution >= 0.6 is 0 Å². The summed E-state index contributed by atoms with van der Waals surface area (Å²) in [7, 11) is 0. The number of benzene rings is 1. The first-order valence-corrected chi connectivity index (χ1v) is 8.80. The summed E-state index contributed by atoms with van der Waals surface area (Å²) in [4.78, 5) is 26.1. The molecule has 2 aromatic heterocycles. The van der Waals surface area contributed by atoms with Gasteiger partial charge in [-0.3, -0.25) is 9.48 Å². The number of piperidine rings is 1. The van der Waals surface area contributed by atoms with E-state index in [4.69, 9.17) is 0 Å². The Balaban J connectivity index is 1.38. The van der Waals surface area contributed by atoms with Gasteiger partial charge < -0.3 is 9.88 Å². The highest BCUT2D eigenvalue weighted by atomic mass is 16.1. The molecule has 7 heteroatoms. The molecule has 3 aromatic rings. The molecule has 3 heterocycles. The van der Waals surface area contributed by atoms with Crippen LogP contribution in [-0.4, -0.2) is 49.3 Å². The van der Waals surface area contributed by atoms with E-state index in [0.717, 1.165) is 43.9 Å². The average Bonchev–Trinajstić information content (AvgIpc) is 3.13. The maximum Gasteiger partial charge on any atom is 0.258 e. The highest BCUT2D eigenvalue weighted by molar-refractivity contribution is 5.77. The second-order valence-electron chi connectivity index (χ2n) is 6.71. The molecule has 1 aromatic carbocycles. The normalized spacial score (nSPS) is 18.6. The number of fused-ring (bicyclic) bond motifs is 1. The highest BCUT2D eigenvalue weighted by Crippen LogP contribution is 2.18. The quantitative estimate of drug-likeness (QED) is 0.762. The largest absolute Gasteiger partial charge is 0.310 e. The third-order valence-corrected chi connectivity index (χ3v) is 4.84. The molecular formula is C18H22N6O. The molecule has 0 unspecified atom stereocenters. The Morgan fingerprint density at radius 3 is 3.08 bits per heavy atom. The topological polar surface area (TPSA) is 79.7 Å². The van der Waals surface area contributed by atoms with Crippen LogP contribution in [0.3, 0.4) is 0 Å². The van der Waals surface area contributed by atoms with Gasteiger partial charge in [-0.05, 0) is 37.4 Å². The van der Waals surface area contributed by atoms with Crippen molar-refractivity contribution in [2.75, 3.05) is 19.6 Å². The van der Waals surface area contributed by atoms with Gasteiger partial charge in [-0.2, -0.15) is 5.10 Å². The molecule has 1 saturated heterocycles. The fourth-order valence-electron chi connectivity index (χ4n) is 3.61. The summed E-state index contributed by atoms with van der Waals surface area (Å²) < 4.78 is 1.91. The molecule has 4 rings (SSSR count). The second kappa shape index (κ2) is 7.14. The summed E-state index contributed by atoms with van der Waals surface area (Å²) in [5.74, 6) is 1.36. The predicted molar refractivity (Wildman–Crippen MR) is 95.3 cm³/mol. The van der Waals surface area contributed by atoms with Gasteiger partial charge in [0.25, 0.3) is 5.56 Å². The van der Waals surface area contributed by atoms with Crippen molar-refractivity contribution in [1.82, 2.24) is 29.6 Å². The van der Waals surface area contributed by atoms with Crippen molar-refractivity contribution in [2.24, 2.45) is 5.92 Å². The Kier molecular flexibility index (Phi) is 4.56. The molecule has 1 N–H and O–H groups in total. The number of hydrogen-bond acceptors (Lipinski definition) is 5.